The van der Waals surface area contributed by atoms with Gasteiger partial charge >= 0.3 is 0 Å². The van der Waals surface area contributed by atoms with Crippen LogP contribution in [0.5, 0.6) is 0 Å². The molecule has 10 heavy (non-hydrogen) atoms. The van der Waals surface area contributed by atoms with Gasteiger partial charge in [-0.3, -0.25) is 0 Å². The van der Waals surface area contributed by atoms with Crippen LogP contribution >= 0.6 is 0 Å². The Morgan fingerprint density at radius 1 is 1.80 bits per heavy atom. The van der Waals surface area contributed by atoms with Gasteiger partial charge in [0.1, 0.15) is 5.69 Å². The minimum Gasteiger partial charge on any atom is -0.358 e. The fraction of sp³-hybridized carbons (Fsp3) is 0. The van der Waals surface area contributed by atoms with E-state index in [1.165, 1.54) is 12.4 Å². The van der Waals surface area contributed by atoms with Gasteiger partial charge in [-0.1, -0.05) is 11.7 Å². The minimum atomic E-state index is 0.403. The molecule has 0 radical (unpaired) electrons. The van der Waals surface area contributed by atoms with E-state index in [1.54, 1.807) is 0 Å². The van der Waals surface area contributed by atoms with Crippen molar-refractivity contribution in [2.24, 2.45) is 0 Å². The van der Waals surface area contributed by atoms with Gasteiger partial charge in [-0.25, -0.2) is 0 Å². The molecule has 0 atom stereocenters. The molecule has 4 heteroatoms. The molecule has 1 heterocycles. The third-order valence-corrected chi connectivity index (χ3v) is 0.987. The van der Waals surface area contributed by atoms with E-state index in [9.17, 15) is 0 Å². The van der Waals surface area contributed by atoms with Gasteiger partial charge in [0.25, 0.3) is 0 Å². The Morgan fingerprint density at radius 2 is 2.60 bits per heavy atom. The van der Waals surface area contributed by atoms with Crippen LogP contribution < -0.4 is 5.32 Å². The largest absolute Gasteiger partial charge is 0.358 e. The highest BCUT2D eigenvalue weighted by atomic mass is 16.5. The topological polar surface area (TPSA) is 61.9 Å². The summed E-state index contributed by atoms with van der Waals surface area (Å²) in [7, 11) is 0. The Morgan fingerprint density at radius 3 is 3.20 bits per heavy atom. The molecule has 1 aromatic rings. The molecule has 1 aromatic heterocycles. The van der Waals surface area contributed by atoms with E-state index in [1.807, 2.05) is 0 Å². The molecule has 0 aliphatic heterocycles. The lowest BCUT2D eigenvalue weighted by molar-refractivity contribution is 0.415. The zero-order valence-electron chi connectivity index (χ0n) is 5.29. The van der Waals surface area contributed by atoms with E-state index >= 15 is 0 Å². The van der Waals surface area contributed by atoms with E-state index in [-0.39, 0.29) is 0 Å². The maximum atomic E-state index is 6.85. The lowest BCUT2D eigenvalue weighted by Crippen LogP contribution is -1.87. The molecule has 0 aliphatic rings. The van der Waals surface area contributed by atoms with Gasteiger partial charge in [-0.15, -0.1) is 0 Å². The Kier molecular flexibility index (Phi) is 1.84. The average molecular weight is 137 g/mol. The zero-order valence-corrected chi connectivity index (χ0v) is 5.29. The van der Waals surface area contributed by atoms with Crippen molar-refractivity contribution >= 4 is 11.9 Å². The molecule has 0 saturated heterocycles. The lowest BCUT2D eigenvalue weighted by Gasteiger charge is -1.91. The quantitative estimate of drug-likeness (QED) is 0.616. The zero-order chi connectivity index (χ0) is 7.40. The summed E-state index contributed by atoms with van der Waals surface area (Å²) in [6.07, 6.45) is 4.07. The first kappa shape index (κ1) is 6.54. The van der Waals surface area contributed by atoms with E-state index in [0.29, 0.717) is 11.4 Å². The summed E-state index contributed by atoms with van der Waals surface area (Å²) in [5.41, 5.74) is 0.657. The molecule has 0 aliphatic carbocycles. The monoisotopic (exact) mass is 137 g/mol. The van der Waals surface area contributed by atoms with Crippen molar-refractivity contribution in [3.05, 3.63) is 24.7 Å². The van der Waals surface area contributed by atoms with E-state index < -0.39 is 0 Å². The molecule has 52 valence electrons. The highest BCUT2D eigenvalue weighted by molar-refractivity contribution is 5.81. The molecule has 1 rings (SSSR count). The van der Waals surface area contributed by atoms with Gasteiger partial charge in [0.2, 0.25) is 0 Å². The number of anilines is 1. The second kappa shape index (κ2) is 2.82. The SMILES string of the molecule is C=CNc1cnoc1C=N. The van der Waals surface area contributed by atoms with Crippen LogP contribution in [-0.2, 0) is 0 Å². The van der Waals surface area contributed by atoms with Crippen LogP contribution in [0, 0.1) is 5.41 Å². The third kappa shape index (κ3) is 1.05. The van der Waals surface area contributed by atoms with Gasteiger partial charge in [0, 0.05) is 0 Å². The summed E-state index contributed by atoms with van der Waals surface area (Å²) in [5.74, 6) is 0.403. The molecule has 0 saturated carbocycles. The summed E-state index contributed by atoms with van der Waals surface area (Å²) in [6.45, 7) is 3.46. The first-order valence-corrected chi connectivity index (χ1v) is 2.71. The van der Waals surface area contributed by atoms with Crippen LogP contribution in [0.4, 0.5) is 5.69 Å². The summed E-state index contributed by atoms with van der Waals surface area (Å²) < 4.78 is 4.66. The molecule has 0 fully saturated rings. The molecule has 0 bridgehead atoms. The average Bonchev–Trinajstić information content (AvgIpc) is 2.36. The first-order chi connectivity index (χ1) is 4.88. The molecular formula is C6H7N3O. The van der Waals surface area contributed by atoms with Gasteiger partial charge in [0.15, 0.2) is 5.76 Å². The van der Waals surface area contributed by atoms with Crippen molar-refractivity contribution in [2.75, 3.05) is 5.32 Å². The maximum Gasteiger partial charge on any atom is 0.200 e. The van der Waals surface area contributed by atoms with Crippen molar-refractivity contribution in [1.82, 2.24) is 5.16 Å². The number of nitrogens with zero attached hydrogens (tertiary/aromatic N) is 1. The molecule has 2 N–H and O–H groups in total. The molecule has 0 amide bonds. The van der Waals surface area contributed by atoms with Crippen molar-refractivity contribution in [3.63, 3.8) is 0 Å². The van der Waals surface area contributed by atoms with E-state index in [2.05, 4.69) is 21.6 Å². The number of rotatable bonds is 3. The van der Waals surface area contributed by atoms with Crippen LogP contribution in [0.1, 0.15) is 5.76 Å². The van der Waals surface area contributed by atoms with Crippen molar-refractivity contribution in [3.8, 4) is 0 Å². The van der Waals surface area contributed by atoms with Gasteiger partial charge < -0.3 is 15.2 Å². The number of aromatic nitrogens is 1. The normalized spacial score (nSPS) is 8.80. The van der Waals surface area contributed by atoms with Crippen LogP contribution in [-0.4, -0.2) is 11.4 Å². The van der Waals surface area contributed by atoms with Crippen molar-refractivity contribution in [2.45, 2.75) is 0 Å². The van der Waals surface area contributed by atoms with Crippen LogP contribution in [0.25, 0.3) is 0 Å². The van der Waals surface area contributed by atoms with Crippen molar-refractivity contribution < 1.29 is 4.52 Å². The van der Waals surface area contributed by atoms with Crippen LogP contribution in [0.2, 0.25) is 0 Å². The number of nitrogens with one attached hydrogen (secondary N) is 2. The standard InChI is InChI=1S/C6H7N3O/c1-2-8-5-4-9-10-6(5)3-7/h2-4,7-8H,1H2. The molecule has 0 unspecified atom stereocenters. The van der Waals surface area contributed by atoms with Gasteiger partial charge in [-0.2, -0.15) is 0 Å². The Balaban J connectivity index is 2.89. The summed E-state index contributed by atoms with van der Waals surface area (Å²) in [6, 6.07) is 0. The molecule has 4 nitrogen and oxygen atoms in total. The Hall–Kier alpha value is -1.58. The predicted molar refractivity (Wildman–Crippen MR) is 38.2 cm³/mol. The summed E-state index contributed by atoms with van der Waals surface area (Å²) in [5, 5.41) is 13.1. The Bertz CT molecular complexity index is 241. The smallest absolute Gasteiger partial charge is 0.200 e. The van der Waals surface area contributed by atoms with Crippen LogP contribution in [0.15, 0.2) is 23.5 Å². The fourth-order valence-electron chi connectivity index (χ4n) is 0.571. The Labute approximate surface area is 58.0 Å². The second-order valence-electron chi connectivity index (χ2n) is 1.60. The summed E-state index contributed by atoms with van der Waals surface area (Å²) in [4.78, 5) is 0. The summed E-state index contributed by atoms with van der Waals surface area (Å²) >= 11 is 0. The molecule has 0 spiro atoms. The third-order valence-electron chi connectivity index (χ3n) is 0.987. The van der Waals surface area contributed by atoms with Crippen LogP contribution in [0.3, 0.4) is 0 Å². The second-order valence-corrected chi connectivity index (χ2v) is 1.60. The van der Waals surface area contributed by atoms with Crippen molar-refractivity contribution in [1.29, 1.82) is 5.41 Å². The van der Waals surface area contributed by atoms with Gasteiger partial charge in [0.05, 0.1) is 12.4 Å². The predicted octanol–water partition coefficient (Wildman–Crippen LogP) is 1.23. The molecule has 0 aromatic carbocycles. The first-order valence-electron chi connectivity index (χ1n) is 2.71. The minimum absolute atomic E-state index is 0.403. The fourth-order valence-corrected chi connectivity index (χ4v) is 0.571. The maximum absolute atomic E-state index is 6.85. The molecular weight excluding hydrogens is 130 g/mol. The number of hydrogen-bond donors (Lipinski definition) is 2. The highest BCUT2D eigenvalue weighted by Gasteiger charge is 2.00. The van der Waals surface area contributed by atoms with Gasteiger partial charge in [-0.05, 0) is 6.20 Å². The number of hydrogen-bond acceptors (Lipinski definition) is 4. The highest BCUT2D eigenvalue weighted by Crippen LogP contribution is 2.10. The van der Waals surface area contributed by atoms with E-state index in [0.717, 1.165) is 6.21 Å². The lowest BCUT2D eigenvalue weighted by atomic mass is 10.4. The van der Waals surface area contributed by atoms with E-state index in [4.69, 9.17) is 5.41 Å².